The zero-order valence-corrected chi connectivity index (χ0v) is 15.6. The highest BCUT2D eigenvalue weighted by atomic mass is 32.1. The topological polar surface area (TPSA) is 105 Å². The Kier molecular flexibility index (Phi) is 6.14. The van der Waals surface area contributed by atoms with Crippen LogP contribution in [0.15, 0.2) is 52.9 Å². The number of carbonyl (C=O) groups excluding carboxylic acids is 2. The summed E-state index contributed by atoms with van der Waals surface area (Å²) < 4.78 is 6.35. The quantitative estimate of drug-likeness (QED) is 0.446. The zero-order valence-electron chi connectivity index (χ0n) is 14.8. The number of nitrogens with zero attached hydrogens (tertiary/aromatic N) is 4. The van der Waals surface area contributed by atoms with Crippen molar-refractivity contribution >= 4 is 39.1 Å². The van der Waals surface area contributed by atoms with Crippen molar-refractivity contribution in [2.24, 2.45) is 0 Å². The first-order valence-corrected chi connectivity index (χ1v) is 9.28. The smallest absolute Gasteiger partial charge is 0.308 e. The van der Waals surface area contributed by atoms with Crippen LogP contribution in [-0.2, 0) is 20.9 Å². The normalized spacial score (nSPS) is 10.4. The van der Waals surface area contributed by atoms with Crippen LogP contribution in [0.4, 0.5) is 5.69 Å². The number of ether oxygens (including phenoxy) is 1. The number of hydrogen-bond donors (Lipinski definition) is 0. The number of carbonyl (C=O) groups is 2. The van der Waals surface area contributed by atoms with Gasteiger partial charge in [0.15, 0.2) is 6.61 Å². The SMILES string of the molecule is N#CCN(C(=O)COC(=O)CCn1cnc2sccc2c1=O)c1ccccc1. The van der Waals surface area contributed by atoms with Gasteiger partial charge in [-0.05, 0) is 23.6 Å². The van der Waals surface area contributed by atoms with E-state index in [1.165, 1.54) is 27.1 Å². The van der Waals surface area contributed by atoms with Gasteiger partial charge in [-0.1, -0.05) is 18.2 Å². The summed E-state index contributed by atoms with van der Waals surface area (Å²) in [7, 11) is 0. The molecule has 142 valence electrons. The molecule has 2 aromatic heterocycles. The number of anilines is 1. The number of para-hydroxylation sites is 1. The van der Waals surface area contributed by atoms with Crippen LogP contribution < -0.4 is 10.5 Å². The summed E-state index contributed by atoms with van der Waals surface area (Å²) in [6.45, 7) is -0.528. The third kappa shape index (κ3) is 4.42. The molecule has 0 fully saturated rings. The molecule has 3 aromatic rings. The van der Waals surface area contributed by atoms with Gasteiger partial charge in [0.2, 0.25) is 0 Å². The average molecular weight is 396 g/mol. The molecule has 0 N–H and O–H groups in total. The van der Waals surface area contributed by atoms with Crippen LogP contribution in [0.3, 0.4) is 0 Å². The van der Waals surface area contributed by atoms with E-state index in [4.69, 9.17) is 10.00 Å². The number of nitriles is 1. The van der Waals surface area contributed by atoms with Gasteiger partial charge in [-0.25, -0.2) is 4.98 Å². The minimum atomic E-state index is -0.615. The number of thiophene rings is 1. The van der Waals surface area contributed by atoms with E-state index in [1.807, 2.05) is 6.07 Å². The number of amides is 1. The summed E-state index contributed by atoms with van der Waals surface area (Å²) in [5.41, 5.74) is 0.325. The van der Waals surface area contributed by atoms with Crippen molar-refractivity contribution in [1.82, 2.24) is 9.55 Å². The molecule has 8 nitrogen and oxygen atoms in total. The number of esters is 1. The lowest BCUT2D eigenvalue weighted by molar-refractivity contribution is -0.148. The van der Waals surface area contributed by atoms with Crippen LogP contribution >= 0.6 is 11.3 Å². The van der Waals surface area contributed by atoms with E-state index in [0.29, 0.717) is 15.9 Å². The van der Waals surface area contributed by atoms with Crippen LogP contribution in [0.2, 0.25) is 0 Å². The summed E-state index contributed by atoms with van der Waals surface area (Å²) in [5, 5.41) is 11.2. The Bertz CT molecular complexity index is 1080. The van der Waals surface area contributed by atoms with Gasteiger partial charge in [0.1, 0.15) is 11.4 Å². The molecular weight excluding hydrogens is 380 g/mol. The summed E-state index contributed by atoms with van der Waals surface area (Å²) in [5.74, 6) is -1.12. The van der Waals surface area contributed by atoms with Gasteiger partial charge in [0, 0.05) is 12.2 Å². The molecule has 1 amide bonds. The fraction of sp³-hybridized carbons (Fsp3) is 0.211. The van der Waals surface area contributed by atoms with E-state index >= 15 is 0 Å². The molecule has 3 rings (SSSR count). The maximum Gasteiger partial charge on any atom is 0.308 e. The van der Waals surface area contributed by atoms with Gasteiger partial charge in [-0.15, -0.1) is 11.3 Å². The largest absolute Gasteiger partial charge is 0.455 e. The second kappa shape index (κ2) is 8.92. The first-order valence-electron chi connectivity index (χ1n) is 8.41. The van der Waals surface area contributed by atoms with E-state index in [2.05, 4.69) is 4.98 Å². The first kappa shape index (κ1) is 19.3. The van der Waals surface area contributed by atoms with Crippen molar-refractivity contribution in [3.8, 4) is 6.07 Å². The van der Waals surface area contributed by atoms with Crippen LogP contribution in [0.25, 0.3) is 10.2 Å². The number of hydrogen-bond acceptors (Lipinski definition) is 7. The Labute approximate surface area is 164 Å². The van der Waals surface area contributed by atoms with Crippen LogP contribution in [-0.4, -0.2) is 34.6 Å². The highest BCUT2D eigenvalue weighted by molar-refractivity contribution is 7.16. The number of fused-ring (bicyclic) bond motifs is 1. The molecule has 0 spiro atoms. The monoisotopic (exact) mass is 396 g/mol. The Morgan fingerprint density at radius 1 is 1.25 bits per heavy atom. The first-order chi connectivity index (χ1) is 13.6. The Hall–Kier alpha value is -3.51. The van der Waals surface area contributed by atoms with Crippen LogP contribution in [0.5, 0.6) is 0 Å². The molecule has 0 atom stereocenters. The van der Waals surface area contributed by atoms with Gasteiger partial charge >= 0.3 is 5.97 Å². The molecule has 2 heterocycles. The molecule has 1 aromatic carbocycles. The highest BCUT2D eigenvalue weighted by Crippen LogP contribution is 2.14. The standard InChI is InChI=1S/C19H16N4O4S/c20-8-10-23(14-4-2-1-3-5-14)16(24)12-27-17(25)6-9-22-13-21-18-15(19(22)26)7-11-28-18/h1-5,7,11,13H,6,9-10,12H2. The molecule has 0 radical (unpaired) electrons. The van der Waals surface area contributed by atoms with Gasteiger partial charge in [0.25, 0.3) is 11.5 Å². The lowest BCUT2D eigenvalue weighted by Crippen LogP contribution is -2.35. The van der Waals surface area contributed by atoms with E-state index in [1.54, 1.807) is 41.8 Å². The number of rotatable bonds is 7. The Morgan fingerprint density at radius 3 is 2.79 bits per heavy atom. The van der Waals surface area contributed by atoms with Crippen molar-refractivity contribution in [2.45, 2.75) is 13.0 Å². The lowest BCUT2D eigenvalue weighted by Gasteiger charge is -2.19. The summed E-state index contributed by atoms with van der Waals surface area (Å²) >= 11 is 1.37. The molecule has 0 bridgehead atoms. The summed E-state index contributed by atoms with van der Waals surface area (Å²) in [4.78, 5) is 42.6. The predicted molar refractivity (Wildman–Crippen MR) is 104 cm³/mol. The van der Waals surface area contributed by atoms with Crippen LogP contribution in [0, 0.1) is 11.3 Å². The summed E-state index contributed by atoms with van der Waals surface area (Å²) in [6, 6.07) is 12.3. The molecule has 0 unspecified atom stereocenters. The van der Waals surface area contributed by atoms with E-state index < -0.39 is 18.5 Å². The Balaban J connectivity index is 1.55. The molecular formula is C19H16N4O4S. The fourth-order valence-electron chi connectivity index (χ4n) is 2.56. The average Bonchev–Trinajstić information content (AvgIpc) is 3.20. The van der Waals surface area contributed by atoms with Crippen molar-refractivity contribution in [3.05, 3.63) is 58.5 Å². The minimum absolute atomic E-state index is 0.0753. The summed E-state index contributed by atoms with van der Waals surface area (Å²) in [6.07, 6.45) is 1.32. The van der Waals surface area contributed by atoms with Crippen molar-refractivity contribution < 1.29 is 14.3 Å². The van der Waals surface area contributed by atoms with Gasteiger partial charge in [0.05, 0.1) is 24.2 Å². The molecule has 0 saturated heterocycles. The minimum Gasteiger partial charge on any atom is -0.455 e. The van der Waals surface area contributed by atoms with Gasteiger partial charge in [-0.3, -0.25) is 23.9 Å². The molecule has 9 heteroatoms. The van der Waals surface area contributed by atoms with Gasteiger partial charge in [-0.2, -0.15) is 5.26 Å². The third-order valence-electron chi connectivity index (χ3n) is 3.96. The van der Waals surface area contributed by atoms with E-state index in [0.717, 1.165) is 0 Å². The number of aromatic nitrogens is 2. The molecule has 28 heavy (non-hydrogen) atoms. The maximum absolute atomic E-state index is 12.3. The van der Waals surface area contributed by atoms with Crippen molar-refractivity contribution in [2.75, 3.05) is 18.1 Å². The van der Waals surface area contributed by atoms with Crippen molar-refractivity contribution in [1.29, 1.82) is 5.26 Å². The fourth-order valence-corrected chi connectivity index (χ4v) is 3.28. The van der Waals surface area contributed by atoms with Crippen molar-refractivity contribution in [3.63, 3.8) is 0 Å². The second-order valence-electron chi connectivity index (χ2n) is 5.77. The third-order valence-corrected chi connectivity index (χ3v) is 4.78. The highest BCUT2D eigenvalue weighted by Gasteiger charge is 2.17. The Morgan fingerprint density at radius 2 is 2.04 bits per heavy atom. The molecule has 0 aliphatic rings. The van der Waals surface area contributed by atoms with Crippen LogP contribution in [0.1, 0.15) is 6.42 Å². The number of aryl methyl sites for hydroxylation is 1. The maximum atomic E-state index is 12.3. The van der Waals surface area contributed by atoms with E-state index in [-0.39, 0.29) is 25.1 Å². The lowest BCUT2D eigenvalue weighted by atomic mass is 10.3. The second-order valence-corrected chi connectivity index (χ2v) is 6.66. The predicted octanol–water partition coefficient (Wildman–Crippen LogP) is 1.95. The number of benzene rings is 1. The molecule has 0 saturated carbocycles. The molecule has 0 aliphatic carbocycles. The zero-order chi connectivity index (χ0) is 19.9. The molecule has 0 aliphatic heterocycles. The van der Waals surface area contributed by atoms with Gasteiger partial charge < -0.3 is 4.74 Å². The van der Waals surface area contributed by atoms with E-state index in [9.17, 15) is 14.4 Å².